The van der Waals surface area contributed by atoms with E-state index in [0.29, 0.717) is 22.6 Å². The predicted octanol–water partition coefficient (Wildman–Crippen LogP) is 2.29. The lowest BCUT2D eigenvalue weighted by Crippen LogP contribution is -1.94. The van der Waals surface area contributed by atoms with Crippen molar-refractivity contribution in [1.82, 2.24) is 9.97 Å². The molecule has 5 nitrogen and oxygen atoms in total. The molecule has 1 aromatic heterocycles. The number of aromatic hydroxyl groups is 2. The zero-order chi connectivity index (χ0) is 13.4. The fraction of sp³-hybridized carbons (Fsp3) is 0. The lowest BCUT2D eigenvalue weighted by atomic mass is 10.1. The molecule has 1 heterocycles. The topological polar surface area (TPSA) is 92.3 Å². The summed E-state index contributed by atoms with van der Waals surface area (Å²) < 4.78 is 0. The van der Waals surface area contributed by atoms with Crippen LogP contribution in [0.2, 0.25) is 0 Å². The quantitative estimate of drug-likeness (QED) is 0.579. The SMILES string of the molecule is Nc1cc(O)ccc1-c1ncc2ccc(O)cc2n1. The van der Waals surface area contributed by atoms with E-state index in [1.807, 2.05) is 0 Å². The Morgan fingerprint density at radius 1 is 0.947 bits per heavy atom. The molecule has 0 saturated carbocycles. The number of phenols is 2. The zero-order valence-corrected chi connectivity index (χ0v) is 9.91. The van der Waals surface area contributed by atoms with Crippen LogP contribution in [0.5, 0.6) is 11.5 Å². The van der Waals surface area contributed by atoms with Gasteiger partial charge in [-0.25, -0.2) is 9.97 Å². The van der Waals surface area contributed by atoms with Crippen LogP contribution in [0.4, 0.5) is 5.69 Å². The molecule has 0 bridgehead atoms. The van der Waals surface area contributed by atoms with Gasteiger partial charge < -0.3 is 15.9 Å². The summed E-state index contributed by atoms with van der Waals surface area (Å²) in [6.07, 6.45) is 1.67. The predicted molar refractivity (Wildman–Crippen MR) is 72.7 cm³/mol. The van der Waals surface area contributed by atoms with Crippen molar-refractivity contribution in [3.8, 4) is 22.9 Å². The van der Waals surface area contributed by atoms with Gasteiger partial charge in [-0.3, -0.25) is 0 Å². The third-order valence-electron chi connectivity index (χ3n) is 2.84. The maximum absolute atomic E-state index is 9.46. The molecule has 0 spiro atoms. The number of fused-ring (bicyclic) bond motifs is 1. The van der Waals surface area contributed by atoms with Gasteiger partial charge in [0.15, 0.2) is 5.82 Å². The molecular weight excluding hydrogens is 242 g/mol. The lowest BCUT2D eigenvalue weighted by molar-refractivity contribution is 0.475. The van der Waals surface area contributed by atoms with E-state index in [0.717, 1.165) is 5.39 Å². The minimum absolute atomic E-state index is 0.0969. The van der Waals surface area contributed by atoms with Crippen molar-refractivity contribution in [2.45, 2.75) is 0 Å². The molecule has 19 heavy (non-hydrogen) atoms. The van der Waals surface area contributed by atoms with Crippen LogP contribution >= 0.6 is 0 Å². The number of rotatable bonds is 1. The fourth-order valence-corrected chi connectivity index (χ4v) is 1.90. The van der Waals surface area contributed by atoms with Crippen LogP contribution in [-0.2, 0) is 0 Å². The summed E-state index contributed by atoms with van der Waals surface area (Å²) in [5, 5.41) is 19.6. The Kier molecular flexibility index (Phi) is 2.45. The van der Waals surface area contributed by atoms with Gasteiger partial charge in [0.25, 0.3) is 0 Å². The molecule has 0 atom stereocenters. The molecule has 3 rings (SSSR count). The second kappa shape index (κ2) is 4.13. The molecule has 0 aliphatic heterocycles. The Balaban J connectivity index is 2.19. The van der Waals surface area contributed by atoms with Crippen LogP contribution in [0.25, 0.3) is 22.3 Å². The van der Waals surface area contributed by atoms with Crippen LogP contribution < -0.4 is 5.73 Å². The van der Waals surface area contributed by atoms with Crippen molar-refractivity contribution >= 4 is 16.6 Å². The lowest BCUT2D eigenvalue weighted by Gasteiger charge is -2.06. The molecule has 0 amide bonds. The molecule has 0 aliphatic rings. The monoisotopic (exact) mass is 253 g/mol. The second-order valence-electron chi connectivity index (χ2n) is 4.21. The van der Waals surface area contributed by atoms with Gasteiger partial charge in [0.1, 0.15) is 11.5 Å². The highest BCUT2D eigenvalue weighted by molar-refractivity contribution is 5.82. The highest BCUT2D eigenvalue weighted by atomic mass is 16.3. The number of benzene rings is 2. The standard InChI is InChI=1S/C14H11N3O2/c15-12-5-9(18)3-4-11(12)14-16-7-8-1-2-10(19)6-13(8)17-14/h1-7,18-19H,15H2. The molecule has 5 heteroatoms. The molecule has 0 unspecified atom stereocenters. The number of nitrogens with two attached hydrogens (primary N) is 1. The summed E-state index contributed by atoms with van der Waals surface area (Å²) in [5.74, 6) is 0.700. The summed E-state index contributed by atoms with van der Waals surface area (Å²) in [4.78, 5) is 8.61. The molecule has 94 valence electrons. The summed E-state index contributed by atoms with van der Waals surface area (Å²) in [6.45, 7) is 0. The number of nitrogen functional groups attached to an aromatic ring is 1. The van der Waals surface area contributed by atoms with Gasteiger partial charge in [-0.2, -0.15) is 0 Å². The van der Waals surface area contributed by atoms with Crippen LogP contribution in [0.3, 0.4) is 0 Å². The maximum Gasteiger partial charge on any atom is 0.161 e. The van der Waals surface area contributed by atoms with Crippen LogP contribution in [0, 0.1) is 0 Å². The summed E-state index contributed by atoms with van der Waals surface area (Å²) in [7, 11) is 0. The zero-order valence-electron chi connectivity index (χ0n) is 9.91. The third-order valence-corrected chi connectivity index (χ3v) is 2.84. The first-order valence-corrected chi connectivity index (χ1v) is 5.68. The normalized spacial score (nSPS) is 10.7. The highest BCUT2D eigenvalue weighted by Gasteiger charge is 2.08. The van der Waals surface area contributed by atoms with E-state index < -0.39 is 0 Å². The number of hydrogen-bond donors (Lipinski definition) is 3. The van der Waals surface area contributed by atoms with Gasteiger partial charge in [-0.1, -0.05) is 0 Å². The van der Waals surface area contributed by atoms with Gasteiger partial charge in [0.05, 0.1) is 5.52 Å². The smallest absolute Gasteiger partial charge is 0.161 e. The Hall–Kier alpha value is -2.82. The van der Waals surface area contributed by atoms with Gasteiger partial charge >= 0.3 is 0 Å². The Morgan fingerprint density at radius 3 is 2.47 bits per heavy atom. The first kappa shape index (κ1) is 11.3. The molecule has 0 radical (unpaired) electrons. The number of hydrogen-bond acceptors (Lipinski definition) is 5. The van der Waals surface area contributed by atoms with Crippen molar-refractivity contribution in [1.29, 1.82) is 0 Å². The van der Waals surface area contributed by atoms with Crippen molar-refractivity contribution in [3.05, 3.63) is 42.6 Å². The molecule has 3 aromatic rings. The van der Waals surface area contributed by atoms with Crippen LogP contribution in [-0.4, -0.2) is 20.2 Å². The molecule has 2 aromatic carbocycles. The number of nitrogens with zero attached hydrogens (tertiary/aromatic N) is 2. The largest absolute Gasteiger partial charge is 0.508 e. The summed E-state index contributed by atoms with van der Waals surface area (Å²) >= 11 is 0. The van der Waals surface area contributed by atoms with Gasteiger partial charge in [-0.15, -0.1) is 0 Å². The minimum Gasteiger partial charge on any atom is -0.508 e. The van der Waals surface area contributed by atoms with Crippen LogP contribution in [0.1, 0.15) is 0 Å². The van der Waals surface area contributed by atoms with E-state index in [4.69, 9.17) is 5.73 Å². The Morgan fingerprint density at radius 2 is 1.68 bits per heavy atom. The maximum atomic E-state index is 9.46. The molecule has 0 fully saturated rings. The molecular formula is C14H11N3O2. The third kappa shape index (κ3) is 2.01. The van der Waals surface area contributed by atoms with Crippen molar-refractivity contribution in [2.24, 2.45) is 0 Å². The number of anilines is 1. The highest BCUT2D eigenvalue weighted by Crippen LogP contribution is 2.27. The van der Waals surface area contributed by atoms with Crippen molar-refractivity contribution in [2.75, 3.05) is 5.73 Å². The van der Waals surface area contributed by atoms with Crippen molar-refractivity contribution in [3.63, 3.8) is 0 Å². The first-order valence-electron chi connectivity index (χ1n) is 5.68. The van der Waals surface area contributed by atoms with E-state index >= 15 is 0 Å². The van der Waals surface area contributed by atoms with Crippen molar-refractivity contribution < 1.29 is 10.2 Å². The van der Waals surface area contributed by atoms with E-state index in [1.54, 1.807) is 30.5 Å². The molecule has 4 N–H and O–H groups in total. The molecule has 0 aliphatic carbocycles. The van der Waals surface area contributed by atoms with E-state index in [-0.39, 0.29) is 11.5 Å². The van der Waals surface area contributed by atoms with E-state index in [2.05, 4.69) is 9.97 Å². The summed E-state index contributed by atoms with van der Waals surface area (Å²) in [5.41, 5.74) is 7.52. The van der Waals surface area contributed by atoms with Crippen LogP contribution in [0.15, 0.2) is 42.6 Å². The first-order chi connectivity index (χ1) is 9.13. The molecule has 0 saturated heterocycles. The number of aromatic nitrogens is 2. The van der Waals surface area contributed by atoms with Gasteiger partial charge in [0.2, 0.25) is 0 Å². The summed E-state index contributed by atoms with van der Waals surface area (Å²) in [6, 6.07) is 9.54. The Labute approximate surface area is 109 Å². The average molecular weight is 253 g/mol. The van der Waals surface area contributed by atoms with Gasteiger partial charge in [-0.05, 0) is 24.3 Å². The fourth-order valence-electron chi connectivity index (χ4n) is 1.90. The van der Waals surface area contributed by atoms with E-state index in [9.17, 15) is 10.2 Å². The number of phenolic OH excluding ortho intramolecular Hbond substituents is 2. The average Bonchev–Trinajstić information content (AvgIpc) is 2.38. The minimum atomic E-state index is 0.0969. The van der Waals surface area contributed by atoms with Gasteiger partial charge in [0, 0.05) is 35.0 Å². The Bertz CT molecular complexity index is 772. The van der Waals surface area contributed by atoms with E-state index in [1.165, 1.54) is 12.1 Å². The second-order valence-corrected chi connectivity index (χ2v) is 4.21.